The van der Waals surface area contributed by atoms with Crippen LogP contribution in [0.3, 0.4) is 0 Å². The predicted molar refractivity (Wildman–Crippen MR) is 62.3 cm³/mol. The van der Waals surface area contributed by atoms with E-state index in [4.69, 9.17) is 21.4 Å². The number of ether oxygens (including phenoxy) is 1. The summed E-state index contributed by atoms with van der Waals surface area (Å²) in [5, 5.41) is 9.36. The molecule has 0 aliphatic rings. The van der Waals surface area contributed by atoms with Crippen LogP contribution in [0.15, 0.2) is 18.2 Å². The average molecular weight is 247 g/mol. The first-order valence-electron chi connectivity index (χ1n) is 4.29. The van der Waals surface area contributed by atoms with Crippen molar-refractivity contribution in [3.05, 3.63) is 28.8 Å². The molecule has 5 heteroatoms. The smallest absolute Gasteiger partial charge is 0.339 e. The van der Waals surface area contributed by atoms with E-state index in [0.717, 1.165) is 5.75 Å². The van der Waals surface area contributed by atoms with Gasteiger partial charge in [-0.1, -0.05) is 11.6 Å². The van der Waals surface area contributed by atoms with Gasteiger partial charge in [-0.05, 0) is 24.5 Å². The fraction of sp³-hybridized carbons (Fsp3) is 0.300. The van der Waals surface area contributed by atoms with Gasteiger partial charge in [0.2, 0.25) is 0 Å². The van der Waals surface area contributed by atoms with Crippen LogP contribution in [-0.2, 0) is 0 Å². The van der Waals surface area contributed by atoms with E-state index in [9.17, 15) is 4.79 Å². The van der Waals surface area contributed by atoms with Gasteiger partial charge in [0, 0.05) is 10.8 Å². The molecule has 0 radical (unpaired) electrons. The highest BCUT2D eigenvalue weighted by Crippen LogP contribution is 2.23. The van der Waals surface area contributed by atoms with Crippen molar-refractivity contribution in [3.63, 3.8) is 0 Å². The molecule has 0 atom stereocenters. The Morgan fingerprint density at radius 2 is 2.33 bits per heavy atom. The van der Waals surface area contributed by atoms with E-state index in [0.29, 0.717) is 17.4 Å². The van der Waals surface area contributed by atoms with Crippen molar-refractivity contribution in [2.45, 2.75) is 0 Å². The fourth-order valence-corrected chi connectivity index (χ4v) is 1.44. The zero-order chi connectivity index (χ0) is 11.3. The minimum absolute atomic E-state index is 0.139. The maximum Gasteiger partial charge on any atom is 0.339 e. The highest BCUT2D eigenvalue weighted by Gasteiger charge is 2.11. The van der Waals surface area contributed by atoms with E-state index in [1.807, 2.05) is 6.26 Å². The SMILES string of the molecule is CSCCOc1cc(Cl)ccc1C(=O)O. The molecule has 0 aliphatic heterocycles. The summed E-state index contributed by atoms with van der Waals surface area (Å²) in [6.07, 6.45) is 1.96. The molecule has 0 unspecified atom stereocenters. The molecule has 0 bridgehead atoms. The molecule has 0 fully saturated rings. The summed E-state index contributed by atoms with van der Waals surface area (Å²) in [5.74, 6) is 0.126. The second-order valence-electron chi connectivity index (χ2n) is 2.79. The molecule has 0 saturated carbocycles. The molecule has 1 N–H and O–H groups in total. The van der Waals surface area contributed by atoms with Crippen LogP contribution >= 0.6 is 23.4 Å². The van der Waals surface area contributed by atoms with Gasteiger partial charge < -0.3 is 9.84 Å². The maximum atomic E-state index is 10.8. The summed E-state index contributed by atoms with van der Waals surface area (Å²) in [6, 6.07) is 4.50. The average Bonchev–Trinajstić information content (AvgIpc) is 2.18. The lowest BCUT2D eigenvalue weighted by molar-refractivity contribution is 0.0692. The first-order chi connectivity index (χ1) is 7.15. The van der Waals surface area contributed by atoms with Gasteiger partial charge in [0.05, 0.1) is 6.61 Å². The second kappa shape index (κ2) is 5.88. The highest BCUT2D eigenvalue weighted by atomic mass is 35.5. The number of rotatable bonds is 5. The summed E-state index contributed by atoms with van der Waals surface area (Å²) in [4.78, 5) is 10.8. The molecule has 0 aromatic heterocycles. The van der Waals surface area contributed by atoms with E-state index in [-0.39, 0.29) is 5.56 Å². The van der Waals surface area contributed by atoms with Crippen LogP contribution < -0.4 is 4.74 Å². The third-order valence-electron chi connectivity index (χ3n) is 1.72. The van der Waals surface area contributed by atoms with Crippen LogP contribution in [0.1, 0.15) is 10.4 Å². The molecule has 3 nitrogen and oxygen atoms in total. The summed E-state index contributed by atoms with van der Waals surface area (Å²) in [7, 11) is 0. The first kappa shape index (κ1) is 12.2. The van der Waals surface area contributed by atoms with Crippen molar-refractivity contribution in [1.82, 2.24) is 0 Å². The molecule has 0 saturated heterocycles. The van der Waals surface area contributed by atoms with E-state index in [1.165, 1.54) is 18.2 Å². The molecular formula is C10H11ClO3S. The van der Waals surface area contributed by atoms with Crippen LogP contribution in [0.4, 0.5) is 0 Å². The Labute approximate surface area is 97.4 Å². The molecular weight excluding hydrogens is 236 g/mol. The normalized spacial score (nSPS) is 10.0. The number of benzene rings is 1. The van der Waals surface area contributed by atoms with Gasteiger partial charge in [-0.15, -0.1) is 0 Å². The molecule has 0 heterocycles. The Bertz CT molecular complexity index is 355. The van der Waals surface area contributed by atoms with Crippen molar-refractivity contribution in [2.75, 3.05) is 18.6 Å². The minimum atomic E-state index is -1.01. The van der Waals surface area contributed by atoms with Crippen LogP contribution in [-0.4, -0.2) is 29.7 Å². The maximum absolute atomic E-state index is 10.8. The van der Waals surface area contributed by atoms with Crippen LogP contribution in [0.2, 0.25) is 5.02 Å². The Morgan fingerprint density at radius 3 is 2.93 bits per heavy atom. The minimum Gasteiger partial charge on any atom is -0.492 e. The van der Waals surface area contributed by atoms with Gasteiger partial charge in [-0.3, -0.25) is 0 Å². The summed E-state index contributed by atoms with van der Waals surface area (Å²) < 4.78 is 5.33. The number of hydrogen-bond acceptors (Lipinski definition) is 3. The monoisotopic (exact) mass is 246 g/mol. The van der Waals surface area contributed by atoms with Crippen molar-refractivity contribution in [2.24, 2.45) is 0 Å². The largest absolute Gasteiger partial charge is 0.492 e. The zero-order valence-corrected chi connectivity index (χ0v) is 9.77. The molecule has 0 spiro atoms. The number of halogens is 1. The van der Waals surface area contributed by atoms with E-state index in [1.54, 1.807) is 11.8 Å². The molecule has 82 valence electrons. The van der Waals surface area contributed by atoms with Crippen LogP contribution in [0.25, 0.3) is 0 Å². The summed E-state index contributed by atoms with van der Waals surface area (Å²) in [5.41, 5.74) is 0.139. The lowest BCUT2D eigenvalue weighted by Crippen LogP contribution is -2.05. The number of carbonyl (C=O) groups is 1. The zero-order valence-electron chi connectivity index (χ0n) is 8.20. The molecule has 0 amide bonds. The van der Waals surface area contributed by atoms with Crippen LogP contribution in [0.5, 0.6) is 5.75 Å². The Kier molecular flexibility index (Phi) is 4.78. The highest BCUT2D eigenvalue weighted by molar-refractivity contribution is 7.98. The predicted octanol–water partition coefficient (Wildman–Crippen LogP) is 2.78. The number of thioether (sulfide) groups is 1. The van der Waals surface area contributed by atoms with Crippen LogP contribution in [0, 0.1) is 0 Å². The Hall–Kier alpha value is -0.870. The van der Waals surface area contributed by atoms with Gasteiger partial charge in [-0.25, -0.2) is 4.79 Å². The molecule has 0 aliphatic carbocycles. The second-order valence-corrected chi connectivity index (χ2v) is 4.21. The van der Waals surface area contributed by atoms with Crippen molar-refractivity contribution >= 4 is 29.3 Å². The summed E-state index contributed by atoms with van der Waals surface area (Å²) in [6.45, 7) is 0.474. The molecule has 1 rings (SSSR count). The lowest BCUT2D eigenvalue weighted by atomic mass is 10.2. The summed E-state index contributed by atoms with van der Waals surface area (Å²) >= 11 is 7.39. The third-order valence-corrected chi connectivity index (χ3v) is 2.53. The molecule has 1 aromatic rings. The van der Waals surface area contributed by atoms with Crippen molar-refractivity contribution in [3.8, 4) is 5.75 Å². The lowest BCUT2D eigenvalue weighted by Gasteiger charge is -2.08. The van der Waals surface area contributed by atoms with Gasteiger partial charge in [0.15, 0.2) is 0 Å². The number of hydrogen-bond donors (Lipinski definition) is 1. The topological polar surface area (TPSA) is 46.5 Å². The number of carboxylic acid groups (broad SMARTS) is 1. The van der Waals surface area contributed by atoms with Gasteiger partial charge in [0.25, 0.3) is 0 Å². The fourth-order valence-electron chi connectivity index (χ4n) is 1.03. The number of aromatic carboxylic acids is 1. The Morgan fingerprint density at radius 1 is 1.60 bits per heavy atom. The first-order valence-corrected chi connectivity index (χ1v) is 6.07. The third kappa shape index (κ3) is 3.64. The quantitative estimate of drug-likeness (QED) is 0.812. The Balaban J connectivity index is 2.82. The van der Waals surface area contributed by atoms with Crippen molar-refractivity contribution < 1.29 is 14.6 Å². The van der Waals surface area contributed by atoms with Crippen molar-refractivity contribution in [1.29, 1.82) is 0 Å². The standard InChI is InChI=1S/C10H11ClO3S/c1-15-5-4-14-9-6-7(11)2-3-8(9)10(12)13/h2-3,6H,4-5H2,1H3,(H,12,13). The van der Waals surface area contributed by atoms with E-state index >= 15 is 0 Å². The van der Waals surface area contributed by atoms with Gasteiger partial charge in [0.1, 0.15) is 11.3 Å². The number of carboxylic acids is 1. The van der Waals surface area contributed by atoms with E-state index < -0.39 is 5.97 Å². The van der Waals surface area contributed by atoms with Gasteiger partial charge in [-0.2, -0.15) is 11.8 Å². The molecule has 1 aromatic carbocycles. The van der Waals surface area contributed by atoms with Gasteiger partial charge >= 0.3 is 5.97 Å². The molecule has 15 heavy (non-hydrogen) atoms. The van der Waals surface area contributed by atoms with E-state index in [2.05, 4.69) is 0 Å².